The van der Waals surface area contributed by atoms with Gasteiger partial charge < -0.3 is 4.74 Å². The first kappa shape index (κ1) is 10.7. The SMILES string of the molecule is CCCc1csc(C(C)(C)OC)n1. The van der Waals surface area contributed by atoms with E-state index in [0.717, 1.165) is 17.8 Å². The maximum Gasteiger partial charge on any atom is 0.124 e. The fourth-order valence-corrected chi connectivity index (χ4v) is 2.00. The lowest BCUT2D eigenvalue weighted by atomic mass is 10.1. The lowest BCUT2D eigenvalue weighted by Crippen LogP contribution is -2.19. The van der Waals surface area contributed by atoms with Gasteiger partial charge in [0, 0.05) is 12.5 Å². The molecule has 0 atom stereocenters. The van der Waals surface area contributed by atoms with Crippen molar-refractivity contribution in [1.29, 1.82) is 0 Å². The maximum absolute atomic E-state index is 5.36. The first-order chi connectivity index (χ1) is 6.10. The van der Waals surface area contributed by atoms with E-state index in [-0.39, 0.29) is 5.60 Å². The number of ether oxygens (including phenoxy) is 1. The third kappa shape index (κ3) is 2.51. The summed E-state index contributed by atoms with van der Waals surface area (Å²) in [5.41, 5.74) is 0.948. The summed E-state index contributed by atoms with van der Waals surface area (Å²) in [5.74, 6) is 0. The molecule has 0 N–H and O–H groups in total. The Morgan fingerprint density at radius 3 is 2.77 bits per heavy atom. The van der Waals surface area contributed by atoms with E-state index in [9.17, 15) is 0 Å². The third-order valence-corrected chi connectivity index (χ3v) is 3.28. The van der Waals surface area contributed by atoms with Crippen molar-refractivity contribution in [3.63, 3.8) is 0 Å². The van der Waals surface area contributed by atoms with Gasteiger partial charge in [-0.25, -0.2) is 4.98 Å². The Balaban J connectivity index is 2.79. The van der Waals surface area contributed by atoms with Gasteiger partial charge in [0.05, 0.1) is 5.69 Å². The molecule has 0 bridgehead atoms. The lowest BCUT2D eigenvalue weighted by molar-refractivity contribution is 0.0189. The number of methoxy groups -OCH3 is 1. The van der Waals surface area contributed by atoms with Crippen LogP contribution in [0.15, 0.2) is 5.38 Å². The summed E-state index contributed by atoms with van der Waals surface area (Å²) in [4.78, 5) is 4.54. The number of aromatic nitrogens is 1. The number of nitrogens with zero attached hydrogens (tertiary/aromatic N) is 1. The average molecular weight is 199 g/mol. The summed E-state index contributed by atoms with van der Waals surface area (Å²) in [6.07, 6.45) is 2.22. The molecule has 3 heteroatoms. The van der Waals surface area contributed by atoms with Crippen LogP contribution in [-0.4, -0.2) is 12.1 Å². The molecule has 0 saturated carbocycles. The largest absolute Gasteiger partial charge is 0.372 e. The molecule has 0 unspecified atom stereocenters. The summed E-state index contributed by atoms with van der Waals surface area (Å²) in [6, 6.07) is 0. The van der Waals surface area contributed by atoms with E-state index in [1.54, 1.807) is 18.4 Å². The Morgan fingerprint density at radius 1 is 1.54 bits per heavy atom. The summed E-state index contributed by atoms with van der Waals surface area (Å²) < 4.78 is 5.36. The minimum absolute atomic E-state index is 0.239. The summed E-state index contributed by atoms with van der Waals surface area (Å²) >= 11 is 1.68. The molecule has 0 aliphatic carbocycles. The van der Waals surface area contributed by atoms with Gasteiger partial charge in [0.15, 0.2) is 0 Å². The highest BCUT2D eigenvalue weighted by molar-refractivity contribution is 7.09. The first-order valence-corrected chi connectivity index (χ1v) is 5.48. The Kier molecular flexibility index (Phi) is 3.45. The molecule has 0 radical (unpaired) electrons. The van der Waals surface area contributed by atoms with Gasteiger partial charge in [-0.2, -0.15) is 0 Å². The summed E-state index contributed by atoms with van der Waals surface area (Å²) in [7, 11) is 1.72. The van der Waals surface area contributed by atoms with Crippen LogP contribution in [0.3, 0.4) is 0 Å². The second kappa shape index (κ2) is 4.20. The van der Waals surface area contributed by atoms with Crippen LogP contribution in [0, 0.1) is 0 Å². The van der Waals surface area contributed by atoms with Crippen LogP contribution < -0.4 is 0 Å². The van der Waals surface area contributed by atoms with Crippen LogP contribution in [0.2, 0.25) is 0 Å². The van der Waals surface area contributed by atoms with Gasteiger partial charge in [-0.05, 0) is 20.3 Å². The predicted molar refractivity (Wildman–Crippen MR) is 56.1 cm³/mol. The van der Waals surface area contributed by atoms with Gasteiger partial charge in [0.25, 0.3) is 0 Å². The van der Waals surface area contributed by atoms with Crippen molar-refractivity contribution in [2.24, 2.45) is 0 Å². The van der Waals surface area contributed by atoms with E-state index in [1.165, 1.54) is 5.69 Å². The van der Waals surface area contributed by atoms with E-state index in [0.29, 0.717) is 0 Å². The second-order valence-corrected chi connectivity index (χ2v) is 4.47. The standard InChI is InChI=1S/C10H17NOS/c1-5-6-8-7-13-9(11-8)10(2,3)12-4/h7H,5-6H2,1-4H3. The van der Waals surface area contributed by atoms with Gasteiger partial charge in [0.1, 0.15) is 10.6 Å². The molecule has 1 heterocycles. The number of hydrogen-bond donors (Lipinski definition) is 0. The van der Waals surface area contributed by atoms with E-state index in [1.807, 2.05) is 13.8 Å². The molecule has 0 amide bonds. The molecule has 0 saturated heterocycles. The number of hydrogen-bond acceptors (Lipinski definition) is 3. The van der Waals surface area contributed by atoms with Gasteiger partial charge >= 0.3 is 0 Å². The Bertz CT molecular complexity index is 268. The van der Waals surface area contributed by atoms with Crippen molar-refractivity contribution in [3.8, 4) is 0 Å². The van der Waals surface area contributed by atoms with Crippen molar-refractivity contribution in [2.75, 3.05) is 7.11 Å². The van der Waals surface area contributed by atoms with Gasteiger partial charge in [-0.1, -0.05) is 13.3 Å². The molecule has 1 aromatic heterocycles. The van der Waals surface area contributed by atoms with Crippen LogP contribution >= 0.6 is 11.3 Å². The highest BCUT2D eigenvalue weighted by atomic mass is 32.1. The van der Waals surface area contributed by atoms with Crippen LogP contribution in [0.1, 0.15) is 37.9 Å². The van der Waals surface area contributed by atoms with E-state index in [2.05, 4.69) is 17.3 Å². The number of aryl methyl sites for hydroxylation is 1. The van der Waals surface area contributed by atoms with Gasteiger partial charge in [-0.3, -0.25) is 0 Å². The van der Waals surface area contributed by atoms with Crippen molar-refractivity contribution in [2.45, 2.75) is 39.2 Å². The fraction of sp³-hybridized carbons (Fsp3) is 0.700. The Labute approximate surface area is 84.0 Å². The monoisotopic (exact) mass is 199 g/mol. The normalized spacial score (nSPS) is 12.0. The molecule has 0 aliphatic heterocycles. The maximum atomic E-state index is 5.36. The van der Waals surface area contributed by atoms with Gasteiger partial charge in [-0.15, -0.1) is 11.3 Å². The molecule has 0 fully saturated rings. The topological polar surface area (TPSA) is 22.1 Å². The molecule has 0 aliphatic rings. The molecule has 1 aromatic rings. The molecule has 1 rings (SSSR count). The highest BCUT2D eigenvalue weighted by Gasteiger charge is 2.23. The van der Waals surface area contributed by atoms with Crippen molar-refractivity contribution in [1.82, 2.24) is 4.98 Å². The van der Waals surface area contributed by atoms with E-state index in [4.69, 9.17) is 4.74 Å². The highest BCUT2D eigenvalue weighted by Crippen LogP contribution is 2.27. The predicted octanol–water partition coefficient (Wildman–Crippen LogP) is 2.98. The van der Waals surface area contributed by atoms with Gasteiger partial charge in [0.2, 0.25) is 0 Å². The minimum Gasteiger partial charge on any atom is -0.372 e. The number of thiazole rings is 1. The van der Waals surface area contributed by atoms with Crippen LogP contribution in [-0.2, 0) is 16.8 Å². The Hall–Kier alpha value is -0.410. The zero-order valence-corrected chi connectivity index (χ0v) is 9.57. The van der Waals surface area contributed by atoms with Crippen LogP contribution in [0.5, 0.6) is 0 Å². The Morgan fingerprint density at radius 2 is 2.23 bits per heavy atom. The fourth-order valence-electron chi connectivity index (χ4n) is 1.04. The van der Waals surface area contributed by atoms with Crippen LogP contribution in [0.4, 0.5) is 0 Å². The molecule has 2 nitrogen and oxygen atoms in total. The molecular formula is C10H17NOS. The van der Waals surface area contributed by atoms with E-state index >= 15 is 0 Å². The average Bonchev–Trinajstić information content (AvgIpc) is 2.54. The molecule has 0 aromatic carbocycles. The lowest BCUT2D eigenvalue weighted by Gasteiger charge is -2.19. The molecular weight excluding hydrogens is 182 g/mol. The third-order valence-electron chi connectivity index (χ3n) is 2.08. The summed E-state index contributed by atoms with van der Waals surface area (Å²) in [6.45, 7) is 6.25. The number of rotatable bonds is 4. The molecule has 13 heavy (non-hydrogen) atoms. The van der Waals surface area contributed by atoms with Crippen molar-refractivity contribution >= 4 is 11.3 Å². The molecule has 74 valence electrons. The zero-order valence-electron chi connectivity index (χ0n) is 8.76. The zero-order chi connectivity index (χ0) is 9.90. The van der Waals surface area contributed by atoms with Crippen LogP contribution in [0.25, 0.3) is 0 Å². The first-order valence-electron chi connectivity index (χ1n) is 4.60. The van der Waals surface area contributed by atoms with E-state index < -0.39 is 0 Å². The van der Waals surface area contributed by atoms with Crippen molar-refractivity contribution < 1.29 is 4.74 Å². The van der Waals surface area contributed by atoms with Crippen molar-refractivity contribution in [3.05, 3.63) is 16.1 Å². The smallest absolute Gasteiger partial charge is 0.124 e. The minimum atomic E-state index is -0.239. The summed E-state index contributed by atoms with van der Waals surface area (Å²) in [5, 5.41) is 3.19. The second-order valence-electron chi connectivity index (χ2n) is 3.61. The molecule has 0 spiro atoms. The quantitative estimate of drug-likeness (QED) is 0.743.